The van der Waals surface area contributed by atoms with E-state index in [1.54, 1.807) is 36.4 Å². The molecule has 3 aromatic carbocycles. The van der Waals surface area contributed by atoms with Crippen molar-refractivity contribution in [1.82, 2.24) is 4.72 Å². The van der Waals surface area contributed by atoms with Gasteiger partial charge in [0.15, 0.2) is 0 Å². The van der Waals surface area contributed by atoms with Crippen LogP contribution in [0, 0.1) is 18.8 Å². The third-order valence-corrected chi connectivity index (χ3v) is 8.39. The third kappa shape index (κ3) is 4.86. The van der Waals surface area contributed by atoms with Crippen molar-refractivity contribution in [1.29, 1.82) is 0 Å². The van der Waals surface area contributed by atoms with E-state index in [1.165, 1.54) is 5.56 Å². The number of amides is 1. The van der Waals surface area contributed by atoms with Gasteiger partial charge in [-0.1, -0.05) is 42.0 Å². The molecule has 176 valence electrons. The van der Waals surface area contributed by atoms with E-state index < -0.39 is 16.1 Å². The highest BCUT2D eigenvalue weighted by Crippen LogP contribution is 2.41. The van der Waals surface area contributed by atoms with Crippen LogP contribution in [0.1, 0.15) is 29.5 Å². The number of sulfonamides is 1. The zero-order chi connectivity index (χ0) is 23.7. The monoisotopic (exact) mass is 476 g/mol. The topological polar surface area (TPSA) is 84.5 Å². The first-order valence-corrected chi connectivity index (χ1v) is 13.1. The largest absolute Gasteiger partial charge is 0.417 e. The van der Waals surface area contributed by atoms with Crippen LogP contribution >= 0.6 is 0 Å². The maximum Gasteiger partial charge on any atom is 0.417 e. The Balaban J connectivity index is 1.29. The SMILES string of the molecule is Cc1ccc(OC(=O)Nc2ccc3c(c2)CC2CCC(C3)C2NS(=O)(=O)c2ccccc2)cc1. The molecule has 7 heteroatoms. The highest BCUT2D eigenvalue weighted by molar-refractivity contribution is 7.89. The maximum absolute atomic E-state index is 13.0. The Kier molecular flexibility index (Phi) is 6.15. The molecule has 3 unspecified atom stereocenters. The van der Waals surface area contributed by atoms with Crippen LogP contribution in [0.2, 0.25) is 0 Å². The van der Waals surface area contributed by atoms with E-state index in [0.717, 1.165) is 36.8 Å². The van der Waals surface area contributed by atoms with Crippen LogP contribution in [0.5, 0.6) is 5.75 Å². The minimum atomic E-state index is -3.57. The Morgan fingerprint density at radius 2 is 1.56 bits per heavy atom. The molecular formula is C27H28N2O4S. The van der Waals surface area contributed by atoms with Gasteiger partial charge in [0, 0.05) is 11.7 Å². The van der Waals surface area contributed by atoms with Gasteiger partial charge in [-0.2, -0.15) is 0 Å². The summed E-state index contributed by atoms with van der Waals surface area (Å²) in [4.78, 5) is 12.7. The van der Waals surface area contributed by atoms with Gasteiger partial charge in [0.2, 0.25) is 10.0 Å². The lowest BCUT2D eigenvalue weighted by Crippen LogP contribution is -2.41. The van der Waals surface area contributed by atoms with Crippen LogP contribution in [-0.4, -0.2) is 20.6 Å². The number of aryl methyl sites for hydroxylation is 1. The summed E-state index contributed by atoms with van der Waals surface area (Å²) in [5, 5.41) is 2.82. The molecule has 1 fully saturated rings. The predicted octanol–water partition coefficient (Wildman–Crippen LogP) is 5.08. The molecule has 0 aliphatic heterocycles. The van der Waals surface area contributed by atoms with E-state index >= 15 is 0 Å². The number of ether oxygens (including phenoxy) is 1. The second-order valence-electron chi connectivity index (χ2n) is 9.28. The van der Waals surface area contributed by atoms with Crippen molar-refractivity contribution in [3.05, 3.63) is 89.5 Å². The molecule has 3 atom stereocenters. The summed E-state index contributed by atoms with van der Waals surface area (Å²) < 4.78 is 34.3. The number of fused-ring (bicyclic) bond motifs is 3. The van der Waals surface area contributed by atoms with E-state index in [1.807, 2.05) is 43.3 Å². The van der Waals surface area contributed by atoms with Crippen LogP contribution < -0.4 is 14.8 Å². The zero-order valence-electron chi connectivity index (χ0n) is 19.0. The van der Waals surface area contributed by atoms with Crippen LogP contribution in [0.25, 0.3) is 0 Å². The Hall–Kier alpha value is -3.16. The summed E-state index contributed by atoms with van der Waals surface area (Å²) in [7, 11) is -3.57. The van der Waals surface area contributed by atoms with Crippen molar-refractivity contribution in [2.24, 2.45) is 11.8 Å². The molecule has 3 aromatic rings. The number of carbonyl (C=O) groups is 1. The number of nitrogens with one attached hydrogen (secondary N) is 2. The first-order valence-electron chi connectivity index (χ1n) is 11.6. The minimum absolute atomic E-state index is 0.0967. The van der Waals surface area contributed by atoms with Gasteiger partial charge in [-0.15, -0.1) is 0 Å². The standard InChI is InChI=1S/C27H28N2O4S/c1-18-7-13-24(14-8-18)33-27(30)28-23-12-11-19-15-20-9-10-21(16-22(19)17-23)26(20)29-34(31,32)25-5-3-2-4-6-25/h2-8,11-14,17,20-21,26,29H,9-10,15-16H2,1H3,(H,28,30). The Bertz CT molecular complexity index is 1290. The molecule has 0 heterocycles. The Morgan fingerprint density at radius 1 is 0.882 bits per heavy atom. The first-order chi connectivity index (χ1) is 16.4. The normalized spacial score (nSPS) is 21.4. The molecule has 6 nitrogen and oxygen atoms in total. The summed E-state index contributed by atoms with van der Waals surface area (Å²) in [6, 6.07) is 21.7. The quantitative estimate of drug-likeness (QED) is 0.538. The van der Waals surface area contributed by atoms with Crippen LogP contribution in [0.3, 0.4) is 0 Å². The van der Waals surface area contributed by atoms with E-state index in [9.17, 15) is 13.2 Å². The minimum Gasteiger partial charge on any atom is -0.410 e. The molecule has 0 saturated heterocycles. The van der Waals surface area contributed by atoms with Crippen molar-refractivity contribution >= 4 is 21.8 Å². The predicted molar refractivity (Wildman–Crippen MR) is 131 cm³/mol. The first kappa shape index (κ1) is 22.6. The molecule has 0 radical (unpaired) electrons. The average Bonchev–Trinajstić information content (AvgIpc) is 3.09. The van der Waals surface area contributed by atoms with Gasteiger partial charge in [0.1, 0.15) is 5.75 Å². The lowest BCUT2D eigenvalue weighted by Gasteiger charge is -2.23. The van der Waals surface area contributed by atoms with E-state index in [2.05, 4.69) is 10.0 Å². The van der Waals surface area contributed by atoms with Crippen molar-refractivity contribution in [2.75, 3.05) is 5.32 Å². The summed E-state index contributed by atoms with van der Waals surface area (Å²) >= 11 is 0. The fourth-order valence-electron chi connectivity index (χ4n) is 5.18. The van der Waals surface area contributed by atoms with Crippen molar-refractivity contribution in [2.45, 2.75) is 43.5 Å². The smallest absolute Gasteiger partial charge is 0.410 e. The van der Waals surface area contributed by atoms with Crippen LogP contribution in [0.15, 0.2) is 77.7 Å². The number of hydrogen-bond donors (Lipinski definition) is 2. The molecule has 0 spiro atoms. The molecule has 2 aliphatic carbocycles. The number of carbonyl (C=O) groups excluding carboxylic acids is 1. The van der Waals surface area contributed by atoms with Crippen LogP contribution in [-0.2, 0) is 22.9 Å². The number of rotatable bonds is 5. The second-order valence-corrected chi connectivity index (χ2v) is 11.0. The van der Waals surface area contributed by atoms with Gasteiger partial charge in [-0.25, -0.2) is 17.9 Å². The molecule has 1 amide bonds. The zero-order valence-corrected chi connectivity index (χ0v) is 19.8. The molecule has 2 bridgehead atoms. The molecule has 5 rings (SSSR count). The van der Waals surface area contributed by atoms with Crippen LogP contribution in [0.4, 0.5) is 10.5 Å². The van der Waals surface area contributed by atoms with Gasteiger partial charge >= 0.3 is 6.09 Å². The Labute approximate surface area is 200 Å². The number of hydrogen-bond acceptors (Lipinski definition) is 4. The van der Waals surface area contributed by atoms with E-state index in [-0.39, 0.29) is 17.9 Å². The molecular weight excluding hydrogens is 448 g/mol. The molecule has 0 aromatic heterocycles. The van der Waals surface area contributed by atoms with Gasteiger partial charge in [-0.3, -0.25) is 5.32 Å². The summed E-state index contributed by atoms with van der Waals surface area (Å²) in [6.45, 7) is 1.98. The Morgan fingerprint density at radius 3 is 2.26 bits per heavy atom. The van der Waals surface area contributed by atoms with Gasteiger partial charge in [0.25, 0.3) is 0 Å². The maximum atomic E-state index is 13.0. The van der Waals surface area contributed by atoms with E-state index in [4.69, 9.17) is 4.74 Å². The lowest BCUT2D eigenvalue weighted by atomic mass is 9.93. The lowest BCUT2D eigenvalue weighted by molar-refractivity contribution is 0.215. The summed E-state index contributed by atoms with van der Waals surface area (Å²) in [6.07, 6.45) is 3.05. The summed E-state index contributed by atoms with van der Waals surface area (Å²) in [5.41, 5.74) is 4.14. The summed E-state index contributed by atoms with van der Waals surface area (Å²) in [5.74, 6) is 0.971. The molecule has 2 aliphatic rings. The molecule has 2 N–H and O–H groups in total. The third-order valence-electron chi connectivity index (χ3n) is 6.92. The average molecular weight is 477 g/mol. The number of benzene rings is 3. The molecule has 34 heavy (non-hydrogen) atoms. The second kappa shape index (κ2) is 9.24. The van der Waals surface area contributed by atoms with Crippen molar-refractivity contribution in [3.8, 4) is 5.75 Å². The fourth-order valence-corrected chi connectivity index (χ4v) is 6.58. The van der Waals surface area contributed by atoms with Crippen molar-refractivity contribution in [3.63, 3.8) is 0 Å². The highest BCUT2D eigenvalue weighted by Gasteiger charge is 2.41. The van der Waals surface area contributed by atoms with Gasteiger partial charge in [-0.05, 0) is 92.0 Å². The van der Waals surface area contributed by atoms with Crippen molar-refractivity contribution < 1.29 is 17.9 Å². The van der Waals surface area contributed by atoms with Gasteiger partial charge < -0.3 is 4.74 Å². The number of anilines is 1. The van der Waals surface area contributed by atoms with Gasteiger partial charge in [0.05, 0.1) is 4.90 Å². The molecule has 1 saturated carbocycles. The van der Waals surface area contributed by atoms with E-state index in [0.29, 0.717) is 16.3 Å². The fraction of sp³-hybridized carbons (Fsp3) is 0.296. The highest BCUT2D eigenvalue weighted by atomic mass is 32.2.